The average Bonchev–Trinajstić information content (AvgIpc) is 2.74. The minimum Gasteiger partial charge on any atom is -0.479 e. The standard InChI is InChI=1S/C12H19NO5/c1-2-5-12(17)6-13(7-12)10(14)8-3-4-9(18-8)11(15)16/h8-9,17H,2-7H2,1H3,(H,15,16). The molecule has 0 aromatic rings. The first-order valence-electron chi connectivity index (χ1n) is 6.34. The number of aliphatic hydroxyl groups is 1. The van der Waals surface area contributed by atoms with E-state index in [4.69, 9.17) is 9.84 Å². The molecule has 6 heteroatoms. The Balaban J connectivity index is 1.82. The predicted molar refractivity (Wildman–Crippen MR) is 62.0 cm³/mol. The van der Waals surface area contributed by atoms with Crippen LogP contribution < -0.4 is 0 Å². The number of amides is 1. The Hall–Kier alpha value is -1.14. The second kappa shape index (κ2) is 4.85. The van der Waals surface area contributed by atoms with Crippen molar-refractivity contribution in [3.8, 4) is 0 Å². The second-order valence-electron chi connectivity index (χ2n) is 5.20. The van der Waals surface area contributed by atoms with Gasteiger partial charge in [0.25, 0.3) is 5.91 Å². The van der Waals surface area contributed by atoms with Crippen LogP contribution in [0.25, 0.3) is 0 Å². The number of nitrogens with zero attached hydrogens (tertiary/aromatic N) is 1. The van der Waals surface area contributed by atoms with Crippen molar-refractivity contribution in [2.45, 2.75) is 50.4 Å². The summed E-state index contributed by atoms with van der Waals surface area (Å²) in [5.74, 6) is -1.21. The lowest BCUT2D eigenvalue weighted by molar-refractivity contribution is -0.169. The molecule has 18 heavy (non-hydrogen) atoms. The summed E-state index contributed by atoms with van der Waals surface area (Å²) in [7, 11) is 0. The number of carbonyl (C=O) groups excluding carboxylic acids is 1. The van der Waals surface area contributed by atoms with E-state index in [2.05, 4.69) is 0 Å². The first kappa shape index (κ1) is 13.3. The largest absolute Gasteiger partial charge is 0.479 e. The lowest BCUT2D eigenvalue weighted by atomic mass is 9.89. The van der Waals surface area contributed by atoms with Crippen LogP contribution in [0.4, 0.5) is 0 Å². The predicted octanol–water partition coefficient (Wildman–Crippen LogP) is -0.00800. The first-order chi connectivity index (χ1) is 8.45. The minimum atomic E-state index is -1.02. The highest BCUT2D eigenvalue weighted by atomic mass is 16.5. The molecule has 0 bridgehead atoms. The Morgan fingerprint density at radius 1 is 1.33 bits per heavy atom. The summed E-state index contributed by atoms with van der Waals surface area (Å²) >= 11 is 0. The second-order valence-corrected chi connectivity index (χ2v) is 5.20. The molecule has 2 aliphatic rings. The van der Waals surface area contributed by atoms with Gasteiger partial charge in [0.15, 0.2) is 6.10 Å². The van der Waals surface area contributed by atoms with Gasteiger partial charge in [0, 0.05) is 0 Å². The maximum absolute atomic E-state index is 12.0. The highest BCUT2D eigenvalue weighted by molar-refractivity contribution is 5.83. The number of ether oxygens (including phenoxy) is 1. The molecule has 2 atom stereocenters. The summed E-state index contributed by atoms with van der Waals surface area (Å²) in [5.41, 5.74) is -0.755. The number of carboxylic acid groups (broad SMARTS) is 1. The van der Waals surface area contributed by atoms with Crippen LogP contribution in [0, 0.1) is 0 Å². The Labute approximate surface area is 106 Å². The molecule has 1 amide bonds. The van der Waals surface area contributed by atoms with Crippen LogP contribution in [0.2, 0.25) is 0 Å². The van der Waals surface area contributed by atoms with E-state index < -0.39 is 23.8 Å². The van der Waals surface area contributed by atoms with Gasteiger partial charge in [0.2, 0.25) is 0 Å². The number of hydrogen-bond acceptors (Lipinski definition) is 4. The topological polar surface area (TPSA) is 87.1 Å². The van der Waals surface area contributed by atoms with Gasteiger partial charge in [-0.05, 0) is 19.3 Å². The lowest BCUT2D eigenvalue weighted by Crippen LogP contribution is -2.65. The summed E-state index contributed by atoms with van der Waals surface area (Å²) in [6.45, 7) is 2.65. The highest BCUT2D eigenvalue weighted by Crippen LogP contribution is 2.29. The van der Waals surface area contributed by atoms with Crippen LogP contribution in [-0.2, 0) is 14.3 Å². The average molecular weight is 257 g/mol. The molecule has 6 nitrogen and oxygen atoms in total. The number of aliphatic carboxylic acids is 1. The SMILES string of the molecule is CCCC1(O)CN(C(=O)C2CCC(C(=O)O)O2)C1. The quantitative estimate of drug-likeness (QED) is 0.739. The third kappa shape index (κ3) is 2.49. The van der Waals surface area contributed by atoms with E-state index >= 15 is 0 Å². The molecule has 2 unspecified atom stereocenters. The van der Waals surface area contributed by atoms with Crippen molar-refractivity contribution >= 4 is 11.9 Å². The molecule has 2 saturated heterocycles. The fourth-order valence-corrected chi connectivity index (χ4v) is 2.65. The van der Waals surface area contributed by atoms with Gasteiger partial charge in [-0.25, -0.2) is 4.79 Å². The molecule has 0 saturated carbocycles. The summed E-state index contributed by atoms with van der Waals surface area (Å²) < 4.78 is 5.20. The van der Waals surface area contributed by atoms with Crippen molar-refractivity contribution in [3.05, 3.63) is 0 Å². The van der Waals surface area contributed by atoms with E-state index in [-0.39, 0.29) is 5.91 Å². The zero-order chi connectivity index (χ0) is 13.3. The van der Waals surface area contributed by atoms with Gasteiger partial charge < -0.3 is 19.8 Å². The smallest absolute Gasteiger partial charge is 0.332 e. The number of rotatable bonds is 4. The minimum absolute atomic E-state index is 0.195. The van der Waals surface area contributed by atoms with Gasteiger partial charge in [-0.3, -0.25) is 4.79 Å². The molecule has 0 aromatic carbocycles. The van der Waals surface area contributed by atoms with Crippen LogP contribution >= 0.6 is 0 Å². The maximum Gasteiger partial charge on any atom is 0.332 e. The molecule has 0 aromatic heterocycles. The number of carbonyl (C=O) groups is 2. The maximum atomic E-state index is 12.0. The van der Waals surface area contributed by atoms with E-state index in [1.165, 1.54) is 0 Å². The molecule has 2 N–H and O–H groups in total. The Kier molecular flexibility index (Phi) is 3.59. The Bertz CT molecular complexity index is 350. The van der Waals surface area contributed by atoms with Gasteiger partial charge in [-0.1, -0.05) is 13.3 Å². The van der Waals surface area contributed by atoms with Crippen LogP contribution in [0.1, 0.15) is 32.6 Å². The number of β-amino-alcohol motifs (C(OH)–C–C–N with tert-alkyl or cyclic N) is 1. The van der Waals surface area contributed by atoms with E-state index in [0.29, 0.717) is 32.4 Å². The number of likely N-dealkylation sites (tertiary alicyclic amines) is 1. The highest BCUT2D eigenvalue weighted by Gasteiger charge is 2.46. The first-order valence-corrected chi connectivity index (χ1v) is 6.34. The van der Waals surface area contributed by atoms with E-state index in [9.17, 15) is 14.7 Å². The van der Waals surface area contributed by atoms with Crippen molar-refractivity contribution in [1.29, 1.82) is 0 Å². The third-order valence-electron chi connectivity index (χ3n) is 3.57. The molecule has 2 aliphatic heterocycles. The van der Waals surface area contributed by atoms with Crippen molar-refractivity contribution in [2.75, 3.05) is 13.1 Å². The fourth-order valence-electron chi connectivity index (χ4n) is 2.65. The zero-order valence-corrected chi connectivity index (χ0v) is 10.5. The summed E-state index contributed by atoms with van der Waals surface area (Å²) in [6, 6.07) is 0. The summed E-state index contributed by atoms with van der Waals surface area (Å²) in [6.07, 6.45) is 0.851. The van der Waals surface area contributed by atoms with Crippen LogP contribution in [-0.4, -0.2) is 57.9 Å². The molecule has 0 spiro atoms. The number of carboxylic acids is 1. The molecule has 2 rings (SSSR count). The van der Waals surface area contributed by atoms with Gasteiger partial charge in [-0.2, -0.15) is 0 Å². The van der Waals surface area contributed by atoms with Crippen LogP contribution in [0.5, 0.6) is 0 Å². The van der Waals surface area contributed by atoms with Gasteiger partial charge in [-0.15, -0.1) is 0 Å². The third-order valence-corrected chi connectivity index (χ3v) is 3.57. The molecule has 2 heterocycles. The van der Waals surface area contributed by atoms with Crippen molar-refractivity contribution in [1.82, 2.24) is 4.90 Å². The molecule has 0 aliphatic carbocycles. The molecular formula is C12H19NO5. The van der Waals surface area contributed by atoms with Crippen molar-refractivity contribution in [3.63, 3.8) is 0 Å². The van der Waals surface area contributed by atoms with Crippen molar-refractivity contribution in [2.24, 2.45) is 0 Å². The normalized spacial score (nSPS) is 30.0. The molecule has 2 fully saturated rings. The summed E-state index contributed by atoms with van der Waals surface area (Å²) in [5, 5.41) is 18.8. The zero-order valence-electron chi connectivity index (χ0n) is 10.5. The number of hydrogen-bond donors (Lipinski definition) is 2. The fraction of sp³-hybridized carbons (Fsp3) is 0.833. The molecule has 102 valence electrons. The summed E-state index contributed by atoms with van der Waals surface area (Å²) in [4.78, 5) is 24.3. The van der Waals surface area contributed by atoms with E-state index in [1.54, 1.807) is 4.90 Å². The van der Waals surface area contributed by atoms with E-state index in [1.807, 2.05) is 6.92 Å². The van der Waals surface area contributed by atoms with Gasteiger partial charge in [0.05, 0.1) is 18.7 Å². The lowest BCUT2D eigenvalue weighted by Gasteiger charge is -2.47. The van der Waals surface area contributed by atoms with Gasteiger partial charge >= 0.3 is 5.97 Å². The van der Waals surface area contributed by atoms with E-state index in [0.717, 1.165) is 6.42 Å². The van der Waals surface area contributed by atoms with Crippen LogP contribution in [0.15, 0.2) is 0 Å². The van der Waals surface area contributed by atoms with Gasteiger partial charge in [0.1, 0.15) is 6.10 Å². The Morgan fingerprint density at radius 3 is 2.44 bits per heavy atom. The Morgan fingerprint density at radius 2 is 1.94 bits per heavy atom. The van der Waals surface area contributed by atoms with Crippen LogP contribution in [0.3, 0.4) is 0 Å². The molecule has 0 radical (unpaired) electrons. The monoisotopic (exact) mass is 257 g/mol. The van der Waals surface area contributed by atoms with Crippen molar-refractivity contribution < 1.29 is 24.5 Å². The molecular weight excluding hydrogens is 238 g/mol.